The summed E-state index contributed by atoms with van der Waals surface area (Å²) in [4.78, 5) is 12.6. The van der Waals surface area contributed by atoms with Crippen LogP contribution in [0, 0.1) is 0 Å². The van der Waals surface area contributed by atoms with Gasteiger partial charge in [0, 0.05) is 11.7 Å². The van der Waals surface area contributed by atoms with Gasteiger partial charge in [0.25, 0.3) is 0 Å². The highest BCUT2D eigenvalue weighted by Crippen LogP contribution is 2.25. The second kappa shape index (κ2) is 7.18. The molecule has 1 amide bonds. The van der Waals surface area contributed by atoms with Gasteiger partial charge in [0.1, 0.15) is 11.8 Å². The van der Waals surface area contributed by atoms with Crippen LogP contribution >= 0.6 is 0 Å². The van der Waals surface area contributed by atoms with E-state index in [1.165, 1.54) is 0 Å². The molecule has 0 aromatic heterocycles. The first-order chi connectivity index (χ1) is 11.3. The van der Waals surface area contributed by atoms with Gasteiger partial charge >= 0.3 is 0 Å². The number of hydrogen-bond donors (Lipinski definition) is 2. The quantitative estimate of drug-likeness (QED) is 0.822. The maximum Gasteiger partial charge on any atom is 0.247 e. The van der Waals surface area contributed by atoms with Gasteiger partial charge in [0.05, 0.1) is 6.61 Å². The molecule has 1 aliphatic carbocycles. The van der Waals surface area contributed by atoms with Gasteiger partial charge in [-0.1, -0.05) is 30.3 Å². The zero-order valence-electron chi connectivity index (χ0n) is 13.3. The summed E-state index contributed by atoms with van der Waals surface area (Å²) < 4.78 is 5.45. The summed E-state index contributed by atoms with van der Waals surface area (Å²) >= 11 is 0. The predicted molar refractivity (Wildman–Crippen MR) is 91.6 cm³/mol. The van der Waals surface area contributed by atoms with E-state index in [1.54, 1.807) is 0 Å². The molecule has 0 aliphatic heterocycles. The van der Waals surface area contributed by atoms with Crippen molar-refractivity contribution in [2.45, 2.75) is 31.8 Å². The Morgan fingerprint density at radius 2 is 1.83 bits per heavy atom. The third kappa shape index (κ3) is 4.25. The van der Waals surface area contributed by atoms with Crippen molar-refractivity contribution >= 4 is 11.6 Å². The van der Waals surface area contributed by atoms with Crippen molar-refractivity contribution in [3.63, 3.8) is 0 Å². The van der Waals surface area contributed by atoms with Crippen LogP contribution in [0.4, 0.5) is 5.69 Å². The molecule has 0 radical (unpaired) electrons. The molecule has 2 aromatic rings. The molecule has 4 nitrogen and oxygen atoms in total. The zero-order valence-corrected chi connectivity index (χ0v) is 13.3. The van der Waals surface area contributed by atoms with Crippen LogP contribution in [0.3, 0.4) is 0 Å². The van der Waals surface area contributed by atoms with Crippen molar-refractivity contribution in [3.05, 3.63) is 60.2 Å². The molecule has 0 saturated heterocycles. The SMILES string of the molecule is CCOc1ccc(N[C@@H](C(=O)NC2CC2)c2ccccc2)cc1. The van der Waals surface area contributed by atoms with E-state index in [2.05, 4.69) is 10.6 Å². The summed E-state index contributed by atoms with van der Waals surface area (Å²) in [6.07, 6.45) is 2.16. The molecule has 1 fully saturated rings. The molecule has 23 heavy (non-hydrogen) atoms. The summed E-state index contributed by atoms with van der Waals surface area (Å²) in [5, 5.41) is 6.41. The molecule has 1 aliphatic rings. The van der Waals surface area contributed by atoms with Crippen LogP contribution in [0.1, 0.15) is 31.4 Å². The van der Waals surface area contributed by atoms with Gasteiger partial charge in [-0.3, -0.25) is 4.79 Å². The van der Waals surface area contributed by atoms with Crippen LogP contribution in [0.25, 0.3) is 0 Å². The molecular formula is C19H22N2O2. The number of benzene rings is 2. The predicted octanol–water partition coefficient (Wildman–Crippen LogP) is 3.52. The van der Waals surface area contributed by atoms with Crippen molar-refractivity contribution in [1.82, 2.24) is 5.32 Å². The molecule has 0 unspecified atom stereocenters. The van der Waals surface area contributed by atoms with Gasteiger partial charge in [0.15, 0.2) is 0 Å². The third-order valence-electron chi connectivity index (χ3n) is 3.80. The summed E-state index contributed by atoms with van der Waals surface area (Å²) in [7, 11) is 0. The van der Waals surface area contributed by atoms with E-state index in [0.717, 1.165) is 29.8 Å². The number of ether oxygens (including phenoxy) is 1. The van der Waals surface area contributed by atoms with Crippen LogP contribution in [-0.4, -0.2) is 18.6 Å². The number of nitrogens with one attached hydrogen (secondary N) is 2. The number of anilines is 1. The Balaban J connectivity index is 1.75. The lowest BCUT2D eigenvalue weighted by molar-refractivity contribution is -0.122. The lowest BCUT2D eigenvalue weighted by atomic mass is 10.1. The van der Waals surface area contributed by atoms with Crippen molar-refractivity contribution in [2.75, 3.05) is 11.9 Å². The molecule has 3 rings (SSSR count). The van der Waals surface area contributed by atoms with Crippen LogP contribution in [0.5, 0.6) is 5.75 Å². The summed E-state index contributed by atoms with van der Waals surface area (Å²) in [6, 6.07) is 17.4. The summed E-state index contributed by atoms with van der Waals surface area (Å²) in [6.45, 7) is 2.60. The van der Waals surface area contributed by atoms with E-state index in [0.29, 0.717) is 12.6 Å². The summed E-state index contributed by atoms with van der Waals surface area (Å²) in [5.41, 5.74) is 1.85. The van der Waals surface area contributed by atoms with Gasteiger partial charge in [-0.2, -0.15) is 0 Å². The number of rotatable bonds is 7. The first-order valence-corrected chi connectivity index (χ1v) is 8.11. The number of carbonyl (C=O) groups excluding carboxylic acids is 1. The number of amides is 1. The number of carbonyl (C=O) groups is 1. The normalized spacial score (nSPS) is 14.8. The molecule has 120 valence electrons. The maximum absolute atomic E-state index is 12.6. The Morgan fingerprint density at radius 1 is 1.13 bits per heavy atom. The Labute approximate surface area is 136 Å². The minimum atomic E-state index is -0.394. The molecule has 4 heteroatoms. The van der Waals surface area contributed by atoms with Gasteiger partial charge < -0.3 is 15.4 Å². The lowest BCUT2D eigenvalue weighted by Gasteiger charge is -2.20. The molecule has 2 aromatic carbocycles. The Hall–Kier alpha value is -2.49. The van der Waals surface area contributed by atoms with Gasteiger partial charge in [0.2, 0.25) is 5.91 Å². The monoisotopic (exact) mass is 310 g/mol. The van der Waals surface area contributed by atoms with Crippen molar-refractivity contribution in [3.8, 4) is 5.75 Å². The van der Waals surface area contributed by atoms with Crippen molar-refractivity contribution in [1.29, 1.82) is 0 Å². The van der Waals surface area contributed by atoms with Crippen molar-refractivity contribution < 1.29 is 9.53 Å². The third-order valence-corrected chi connectivity index (χ3v) is 3.80. The van der Waals surface area contributed by atoms with Crippen LogP contribution in [0.15, 0.2) is 54.6 Å². The fourth-order valence-corrected chi connectivity index (χ4v) is 2.44. The Bertz CT molecular complexity index is 636. The van der Waals surface area contributed by atoms with Crippen LogP contribution < -0.4 is 15.4 Å². The topological polar surface area (TPSA) is 50.4 Å². The minimum Gasteiger partial charge on any atom is -0.494 e. The van der Waals surface area contributed by atoms with E-state index < -0.39 is 6.04 Å². The highest BCUT2D eigenvalue weighted by atomic mass is 16.5. The van der Waals surface area contributed by atoms with E-state index in [1.807, 2.05) is 61.5 Å². The Kier molecular flexibility index (Phi) is 4.81. The number of hydrogen-bond acceptors (Lipinski definition) is 3. The van der Waals surface area contributed by atoms with E-state index in [9.17, 15) is 4.79 Å². The van der Waals surface area contributed by atoms with Gasteiger partial charge in [-0.15, -0.1) is 0 Å². The summed E-state index contributed by atoms with van der Waals surface area (Å²) in [5.74, 6) is 0.851. The molecular weight excluding hydrogens is 288 g/mol. The van der Waals surface area contributed by atoms with E-state index in [4.69, 9.17) is 4.74 Å². The van der Waals surface area contributed by atoms with Crippen molar-refractivity contribution in [2.24, 2.45) is 0 Å². The van der Waals surface area contributed by atoms with Gasteiger partial charge in [-0.25, -0.2) is 0 Å². The second-order valence-electron chi connectivity index (χ2n) is 5.73. The smallest absolute Gasteiger partial charge is 0.247 e. The highest BCUT2D eigenvalue weighted by molar-refractivity contribution is 5.86. The Morgan fingerprint density at radius 3 is 2.43 bits per heavy atom. The first kappa shape index (κ1) is 15.4. The lowest BCUT2D eigenvalue weighted by Crippen LogP contribution is -2.34. The zero-order chi connectivity index (χ0) is 16.1. The molecule has 0 spiro atoms. The van der Waals surface area contributed by atoms with Crippen LogP contribution in [-0.2, 0) is 4.79 Å². The van der Waals surface area contributed by atoms with Gasteiger partial charge in [-0.05, 0) is 49.6 Å². The average Bonchev–Trinajstić information content (AvgIpc) is 3.39. The molecule has 1 atom stereocenters. The molecule has 0 heterocycles. The molecule has 2 N–H and O–H groups in total. The fourth-order valence-electron chi connectivity index (χ4n) is 2.44. The standard InChI is InChI=1S/C19H22N2O2/c1-2-23-17-12-10-15(11-13-17)20-18(14-6-4-3-5-7-14)19(22)21-16-8-9-16/h3-7,10-13,16,18,20H,2,8-9H2,1H3,(H,21,22)/t18-/m1/s1. The van der Waals surface area contributed by atoms with E-state index in [-0.39, 0.29) is 5.91 Å². The highest BCUT2D eigenvalue weighted by Gasteiger charge is 2.28. The molecule has 1 saturated carbocycles. The first-order valence-electron chi connectivity index (χ1n) is 8.11. The van der Waals surface area contributed by atoms with E-state index >= 15 is 0 Å². The fraction of sp³-hybridized carbons (Fsp3) is 0.316. The minimum absolute atomic E-state index is 0.0209. The molecule has 0 bridgehead atoms. The average molecular weight is 310 g/mol. The maximum atomic E-state index is 12.6. The van der Waals surface area contributed by atoms with Crippen LogP contribution in [0.2, 0.25) is 0 Å². The largest absolute Gasteiger partial charge is 0.494 e. The second-order valence-corrected chi connectivity index (χ2v) is 5.73.